The van der Waals surface area contributed by atoms with Gasteiger partial charge in [-0.25, -0.2) is 13.2 Å². The van der Waals surface area contributed by atoms with Crippen LogP contribution in [-0.4, -0.2) is 37.8 Å². The van der Waals surface area contributed by atoms with Gasteiger partial charge in [0.2, 0.25) is 15.9 Å². The quantitative estimate of drug-likeness (QED) is 0.431. The molecule has 0 saturated heterocycles. The lowest BCUT2D eigenvalue weighted by atomic mass is 10.1. The number of anilines is 1. The molecular weight excluding hydrogens is 476 g/mol. The summed E-state index contributed by atoms with van der Waals surface area (Å²) in [5.41, 5.74) is 2.48. The van der Waals surface area contributed by atoms with Gasteiger partial charge in [0.1, 0.15) is 0 Å². The molecule has 0 aromatic heterocycles. The Morgan fingerprint density at radius 1 is 0.971 bits per heavy atom. The van der Waals surface area contributed by atoms with E-state index >= 15 is 0 Å². The molecule has 0 fully saturated rings. The van der Waals surface area contributed by atoms with Crippen molar-refractivity contribution in [1.29, 1.82) is 0 Å². The fraction of sp³-hybridized carbons (Fsp3) is 0.200. The van der Waals surface area contributed by atoms with Crippen LogP contribution in [0.1, 0.15) is 28.4 Å². The summed E-state index contributed by atoms with van der Waals surface area (Å²) < 4.78 is 32.8. The van der Waals surface area contributed by atoms with Gasteiger partial charge >= 0.3 is 5.97 Å². The summed E-state index contributed by atoms with van der Waals surface area (Å²) in [6, 6.07) is 19.4. The van der Waals surface area contributed by atoms with Crippen LogP contribution < -0.4 is 5.32 Å². The molecule has 0 aliphatic heterocycles. The maximum absolute atomic E-state index is 13.4. The van der Waals surface area contributed by atoms with E-state index in [0.29, 0.717) is 16.3 Å². The number of rotatable bonds is 9. The van der Waals surface area contributed by atoms with E-state index in [4.69, 9.17) is 16.3 Å². The number of ether oxygens (including phenoxy) is 1. The lowest BCUT2D eigenvalue weighted by molar-refractivity contribution is -0.116. The van der Waals surface area contributed by atoms with Gasteiger partial charge in [0.25, 0.3) is 0 Å². The molecule has 3 aromatic rings. The second kappa shape index (κ2) is 11.3. The molecule has 3 aromatic carbocycles. The standard InChI is InChI=1S/C25H25ClN2O5S/c1-3-33-25(30)19-8-12-22(13-9-19)27-24(29)17-28(16-20-7-5-4-6-18(20)2)34(31,32)23-14-10-21(26)11-15-23/h4-15H,3,16-17H2,1-2H3,(H,27,29). The Kier molecular flexibility index (Phi) is 8.44. The Labute approximate surface area is 204 Å². The SMILES string of the molecule is CCOC(=O)c1ccc(NC(=O)CN(Cc2ccccc2C)S(=O)(=O)c2ccc(Cl)cc2)cc1. The number of hydrogen-bond acceptors (Lipinski definition) is 5. The number of halogens is 1. The first kappa shape index (κ1) is 25.4. The fourth-order valence-electron chi connectivity index (χ4n) is 3.22. The second-order valence-electron chi connectivity index (χ2n) is 7.50. The summed E-state index contributed by atoms with van der Waals surface area (Å²) >= 11 is 5.91. The van der Waals surface area contributed by atoms with E-state index in [2.05, 4.69) is 5.32 Å². The van der Waals surface area contributed by atoms with Gasteiger partial charge in [0, 0.05) is 17.3 Å². The molecule has 0 spiro atoms. The molecule has 7 nitrogen and oxygen atoms in total. The number of sulfonamides is 1. The Morgan fingerprint density at radius 2 is 1.62 bits per heavy atom. The van der Waals surface area contributed by atoms with Gasteiger partial charge in [0.05, 0.1) is 23.6 Å². The van der Waals surface area contributed by atoms with Gasteiger partial charge < -0.3 is 10.1 Å². The molecule has 1 N–H and O–H groups in total. The molecule has 1 amide bonds. The number of hydrogen-bond donors (Lipinski definition) is 1. The van der Waals surface area contributed by atoms with E-state index in [1.807, 2.05) is 31.2 Å². The van der Waals surface area contributed by atoms with Gasteiger partial charge in [-0.1, -0.05) is 35.9 Å². The van der Waals surface area contributed by atoms with Crippen LogP contribution in [0.25, 0.3) is 0 Å². The molecule has 0 saturated carbocycles. The number of nitrogens with zero attached hydrogens (tertiary/aromatic N) is 1. The van der Waals surface area contributed by atoms with Crippen molar-refractivity contribution in [1.82, 2.24) is 4.31 Å². The zero-order chi connectivity index (χ0) is 24.7. The number of carbonyl (C=O) groups excluding carboxylic acids is 2. The summed E-state index contributed by atoms with van der Waals surface area (Å²) in [7, 11) is -3.99. The molecule has 0 heterocycles. The van der Waals surface area contributed by atoms with E-state index in [1.54, 1.807) is 19.1 Å². The third-order valence-corrected chi connectivity index (χ3v) is 7.12. The van der Waals surface area contributed by atoms with Crippen molar-refractivity contribution in [3.05, 3.63) is 94.5 Å². The van der Waals surface area contributed by atoms with Crippen LogP contribution >= 0.6 is 11.6 Å². The second-order valence-corrected chi connectivity index (χ2v) is 9.87. The summed E-state index contributed by atoms with van der Waals surface area (Å²) in [5.74, 6) is -0.978. The molecule has 178 valence electrons. The summed E-state index contributed by atoms with van der Waals surface area (Å²) in [5, 5.41) is 3.10. The van der Waals surface area contributed by atoms with Gasteiger partial charge in [-0.2, -0.15) is 4.31 Å². The first-order chi connectivity index (χ1) is 16.2. The van der Waals surface area contributed by atoms with Crippen LogP contribution in [0.3, 0.4) is 0 Å². The molecule has 0 radical (unpaired) electrons. The maximum atomic E-state index is 13.4. The highest BCUT2D eigenvalue weighted by atomic mass is 35.5. The number of carbonyl (C=O) groups is 2. The molecule has 34 heavy (non-hydrogen) atoms. The predicted octanol–water partition coefficient (Wildman–Crippen LogP) is 4.65. The zero-order valence-corrected chi connectivity index (χ0v) is 20.4. The normalized spacial score (nSPS) is 11.3. The van der Waals surface area contributed by atoms with Crippen molar-refractivity contribution >= 4 is 39.2 Å². The topological polar surface area (TPSA) is 92.8 Å². The molecule has 9 heteroatoms. The van der Waals surface area contributed by atoms with Crippen molar-refractivity contribution in [3.63, 3.8) is 0 Å². The van der Waals surface area contributed by atoms with Gasteiger partial charge in [-0.3, -0.25) is 4.79 Å². The molecule has 0 aliphatic rings. The number of benzene rings is 3. The molecule has 0 unspecified atom stereocenters. The minimum Gasteiger partial charge on any atom is -0.462 e. The minimum atomic E-state index is -3.99. The highest BCUT2D eigenvalue weighted by Crippen LogP contribution is 2.22. The highest BCUT2D eigenvalue weighted by molar-refractivity contribution is 7.89. The van der Waals surface area contributed by atoms with Crippen LogP contribution in [0.4, 0.5) is 5.69 Å². The molecule has 0 atom stereocenters. The molecular formula is C25H25ClN2O5S. The van der Waals surface area contributed by atoms with Crippen molar-refractivity contribution in [3.8, 4) is 0 Å². The average Bonchev–Trinajstić information content (AvgIpc) is 2.81. The van der Waals surface area contributed by atoms with Crippen LogP contribution in [-0.2, 0) is 26.1 Å². The third-order valence-electron chi connectivity index (χ3n) is 5.06. The maximum Gasteiger partial charge on any atom is 0.338 e. The largest absolute Gasteiger partial charge is 0.462 e. The number of nitrogens with one attached hydrogen (secondary N) is 1. The van der Waals surface area contributed by atoms with Gasteiger partial charge in [-0.05, 0) is 73.5 Å². The van der Waals surface area contributed by atoms with Crippen molar-refractivity contribution < 1.29 is 22.7 Å². The van der Waals surface area contributed by atoms with Gasteiger partial charge in [0.15, 0.2) is 0 Å². The van der Waals surface area contributed by atoms with Crippen molar-refractivity contribution in [2.24, 2.45) is 0 Å². The summed E-state index contributed by atoms with van der Waals surface area (Å²) in [4.78, 5) is 24.7. The van der Waals surface area contributed by atoms with E-state index in [1.165, 1.54) is 36.4 Å². The molecule has 0 aliphatic carbocycles. The van der Waals surface area contributed by atoms with E-state index < -0.39 is 28.4 Å². The number of esters is 1. The lowest BCUT2D eigenvalue weighted by Gasteiger charge is -2.23. The Hall–Kier alpha value is -3.20. The van der Waals surface area contributed by atoms with E-state index in [9.17, 15) is 18.0 Å². The van der Waals surface area contributed by atoms with Crippen molar-refractivity contribution in [2.75, 3.05) is 18.5 Å². The van der Waals surface area contributed by atoms with Crippen LogP contribution in [0.2, 0.25) is 5.02 Å². The average molecular weight is 501 g/mol. The summed E-state index contributed by atoms with van der Waals surface area (Å²) in [6.45, 7) is 3.47. The number of aryl methyl sites for hydroxylation is 1. The smallest absolute Gasteiger partial charge is 0.338 e. The van der Waals surface area contributed by atoms with Crippen LogP contribution in [0.5, 0.6) is 0 Å². The first-order valence-corrected chi connectivity index (χ1v) is 12.4. The first-order valence-electron chi connectivity index (χ1n) is 10.6. The predicted molar refractivity (Wildman–Crippen MR) is 131 cm³/mol. The minimum absolute atomic E-state index is 0.0207. The number of amides is 1. The van der Waals surface area contributed by atoms with E-state index in [-0.39, 0.29) is 18.0 Å². The van der Waals surface area contributed by atoms with Crippen LogP contribution in [0, 0.1) is 6.92 Å². The third kappa shape index (κ3) is 6.44. The Morgan fingerprint density at radius 3 is 2.24 bits per heavy atom. The Balaban J connectivity index is 1.82. The monoisotopic (exact) mass is 500 g/mol. The fourth-order valence-corrected chi connectivity index (χ4v) is 4.72. The summed E-state index contributed by atoms with van der Waals surface area (Å²) in [6.07, 6.45) is 0. The lowest BCUT2D eigenvalue weighted by Crippen LogP contribution is -2.37. The highest BCUT2D eigenvalue weighted by Gasteiger charge is 2.27. The zero-order valence-electron chi connectivity index (χ0n) is 18.8. The van der Waals surface area contributed by atoms with Gasteiger partial charge in [-0.15, -0.1) is 0 Å². The van der Waals surface area contributed by atoms with Crippen LogP contribution in [0.15, 0.2) is 77.7 Å². The molecule has 0 bridgehead atoms. The van der Waals surface area contributed by atoms with Crippen molar-refractivity contribution in [2.45, 2.75) is 25.3 Å². The van der Waals surface area contributed by atoms with E-state index in [0.717, 1.165) is 15.4 Å². The molecule has 3 rings (SSSR count). The Bertz CT molecular complexity index is 1260.